The number of nitrogens with one attached hydrogen (secondary N) is 2. The molecule has 0 saturated heterocycles. The van der Waals surface area contributed by atoms with Crippen molar-refractivity contribution < 1.29 is 19.1 Å². The topological polar surface area (TPSA) is 97.4 Å². The van der Waals surface area contributed by atoms with Gasteiger partial charge >= 0.3 is 12.0 Å². The van der Waals surface area contributed by atoms with Gasteiger partial charge in [-0.25, -0.2) is 14.6 Å². The summed E-state index contributed by atoms with van der Waals surface area (Å²) >= 11 is 1.04. The van der Waals surface area contributed by atoms with Gasteiger partial charge in [-0.2, -0.15) is 0 Å². The van der Waals surface area contributed by atoms with E-state index in [4.69, 9.17) is 0 Å². The van der Waals surface area contributed by atoms with Gasteiger partial charge in [0.15, 0.2) is 10.9 Å². The molecule has 0 fully saturated rings. The number of rotatable bonds is 4. The number of amides is 2. The van der Waals surface area contributed by atoms with Gasteiger partial charge in [-0.15, -0.1) is 0 Å². The summed E-state index contributed by atoms with van der Waals surface area (Å²) in [5.41, 5.74) is 1.59. The molecule has 0 radical (unpaired) electrons. The Hall–Kier alpha value is -2.74. The average molecular weight is 333 g/mol. The Balaban J connectivity index is 2.02. The third-order valence-electron chi connectivity index (χ3n) is 2.94. The summed E-state index contributed by atoms with van der Waals surface area (Å²) < 4.78 is 4.64. The van der Waals surface area contributed by atoms with Crippen LogP contribution in [0.1, 0.15) is 32.6 Å². The van der Waals surface area contributed by atoms with E-state index in [0.717, 1.165) is 11.3 Å². The standard InChI is InChI=1S/C15H15N3O4S/c1-8-12(13(20)22-3)23-15(16-8)18-14(21)17-11-6-4-10(5-7-11)9(2)19/h4-7H,1-3H3,(H2,16,17,18,21). The summed E-state index contributed by atoms with van der Waals surface area (Å²) in [6.07, 6.45) is 0. The van der Waals surface area contributed by atoms with Crippen LogP contribution >= 0.6 is 11.3 Å². The van der Waals surface area contributed by atoms with Crippen molar-refractivity contribution in [3.05, 3.63) is 40.4 Å². The monoisotopic (exact) mass is 333 g/mol. The lowest BCUT2D eigenvalue weighted by atomic mass is 10.1. The summed E-state index contributed by atoms with van der Waals surface area (Å²) in [6.45, 7) is 3.13. The quantitative estimate of drug-likeness (QED) is 0.662. The maximum atomic E-state index is 11.9. The van der Waals surface area contributed by atoms with Crippen LogP contribution in [0, 0.1) is 6.92 Å². The van der Waals surface area contributed by atoms with Crippen molar-refractivity contribution in [2.75, 3.05) is 17.7 Å². The molecule has 7 nitrogen and oxygen atoms in total. The number of urea groups is 1. The summed E-state index contributed by atoms with van der Waals surface area (Å²) in [7, 11) is 1.28. The zero-order valence-electron chi connectivity index (χ0n) is 12.8. The summed E-state index contributed by atoms with van der Waals surface area (Å²) in [4.78, 5) is 39.1. The molecule has 0 unspecified atom stereocenters. The number of methoxy groups -OCH3 is 1. The van der Waals surface area contributed by atoms with E-state index in [0.29, 0.717) is 27.0 Å². The van der Waals surface area contributed by atoms with E-state index in [1.165, 1.54) is 14.0 Å². The number of Topliss-reactive ketones (excluding diaryl/α,β-unsaturated/α-hetero) is 1. The molecule has 0 atom stereocenters. The number of carbonyl (C=O) groups is 3. The second-order valence-electron chi connectivity index (χ2n) is 4.64. The predicted octanol–water partition coefficient (Wildman–Crippen LogP) is 3.08. The SMILES string of the molecule is COC(=O)c1sc(NC(=O)Nc2ccc(C(C)=O)cc2)nc1C. The molecule has 0 saturated carbocycles. The molecule has 0 spiro atoms. The first-order chi connectivity index (χ1) is 10.9. The Morgan fingerprint density at radius 3 is 2.35 bits per heavy atom. The number of aryl methyl sites for hydroxylation is 1. The van der Waals surface area contributed by atoms with Crippen molar-refractivity contribution in [2.24, 2.45) is 0 Å². The number of esters is 1. The fourth-order valence-corrected chi connectivity index (χ4v) is 2.66. The molecule has 23 heavy (non-hydrogen) atoms. The van der Waals surface area contributed by atoms with Crippen LogP contribution in [0.25, 0.3) is 0 Å². The van der Waals surface area contributed by atoms with E-state index in [1.807, 2.05) is 0 Å². The number of ketones is 1. The zero-order valence-corrected chi connectivity index (χ0v) is 13.6. The van der Waals surface area contributed by atoms with Crippen molar-refractivity contribution in [3.8, 4) is 0 Å². The third kappa shape index (κ3) is 4.13. The lowest BCUT2D eigenvalue weighted by Gasteiger charge is -2.05. The highest BCUT2D eigenvalue weighted by molar-refractivity contribution is 7.17. The van der Waals surface area contributed by atoms with Crippen LogP contribution in [-0.4, -0.2) is 29.9 Å². The van der Waals surface area contributed by atoms with Crippen molar-refractivity contribution >= 4 is 39.9 Å². The average Bonchev–Trinajstić information content (AvgIpc) is 2.87. The van der Waals surface area contributed by atoms with Crippen LogP contribution in [0.3, 0.4) is 0 Å². The van der Waals surface area contributed by atoms with Gasteiger partial charge in [0.05, 0.1) is 12.8 Å². The van der Waals surface area contributed by atoms with E-state index in [9.17, 15) is 14.4 Å². The van der Waals surface area contributed by atoms with Gasteiger partial charge in [0.25, 0.3) is 0 Å². The number of carbonyl (C=O) groups excluding carboxylic acids is 3. The van der Waals surface area contributed by atoms with Crippen LogP contribution in [0.4, 0.5) is 15.6 Å². The molecule has 0 aliphatic heterocycles. The van der Waals surface area contributed by atoms with Crippen molar-refractivity contribution in [2.45, 2.75) is 13.8 Å². The smallest absolute Gasteiger partial charge is 0.350 e. The summed E-state index contributed by atoms with van der Waals surface area (Å²) in [5, 5.41) is 5.46. The summed E-state index contributed by atoms with van der Waals surface area (Å²) in [5.74, 6) is -0.539. The molecule has 0 bridgehead atoms. The van der Waals surface area contributed by atoms with Crippen LogP contribution in [-0.2, 0) is 4.74 Å². The predicted molar refractivity (Wildman–Crippen MR) is 87.3 cm³/mol. The van der Waals surface area contributed by atoms with E-state index in [1.54, 1.807) is 31.2 Å². The number of aromatic nitrogens is 1. The molecule has 2 rings (SSSR count). The lowest BCUT2D eigenvalue weighted by molar-refractivity contribution is 0.0605. The number of nitrogens with zero attached hydrogens (tertiary/aromatic N) is 1. The van der Waals surface area contributed by atoms with Crippen LogP contribution in [0.15, 0.2) is 24.3 Å². The van der Waals surface area contributed by atoms with Gasteiger partial charge in [-0.05, 0) is 38.1 Å². The maximum Gasteiger partial charge on any atom is 0.350 e. The highest BCUT2D eigenvalue weighted by atomic mass is 32.1. The molecule has 2 amide bonds. The Morgan fingerprint density at radius 2 is 1.78 bits per heavy atom. The van der Waals surface area contributed by atoms with Gasteiger partial charge in [-0.3, -0.25) is 10.1 Å². The first-order valence-electron chi connectivity index (χ1n) is 6.65. The number of benzene rings is 1. The number of thiazole rings is 1. The Bertz CT molecular complexity index is 753. The van der Waals surface area contributed by atoms with Crippen LogP contribution < -0.4 is 10.6 Å². The molecular weight excluding hydrogens is 318 g/mol. The molecule has 1 aromatic carbocycles. The lowest BCUT2D eigenvalue weighted by Crippen LogP contribution is -2.19. The molecule has 120 valence electrons. The molecule has 8 heteroatoms. The number of ether oxygens (including phenoxy) is 1. The highest BCUT2D eigenvalue weighted by Gasteiger charge is 2.16. The van der Waals surface area contributed by atoms with Crippen molar-refractivity contribution in [3.63, 3.8) is 0 Å². The minimum absolute atomic E-state index is 0.0467. The molecule has 0 aliphatic carbocycles. The second-order valence-corrected chi connectivity index (χ2v) is 5.64. The number of anilines is 2. The van der Waals surface area contributed by atoms with Crippen LogP contribution in [0.5, 0.6) is 0 Å². The minimum Gasteiger partial charge on any atom is -0.465 e. The normalized spacial score (nSPS) is 10.0. The van der Waals surface area contributed by atoms with Gasteiger partial charge in [0.2, 0.25) is 0 Å². The number of hydrogen-bond acceptors (Lipinski definition) is 6. The zero-order chi connectivity index (χ0) is 17.0. The van der Waals surface area contributed by atoms with E-state index < -0.39 is 12.0 Å². The summed E-state index contributed by atoms with van der Waals surface area (Å²) in [6, 6.07) is 6.01. The van der Waals surface area contributed by atoms with Gasteiger partial charge < -0.3 is 10.1 Å². The van der Waals surface area contributed by atoms with E-state index in [2.05, 4.69) is 20.4 Å². The third-order valence-corrected chi connectivity index (χ3v) is 3.99. The highest BCUT2D eigenvalue weighted by Crippen LogP contribution is 2.23. The minimum atomic E-state index is -0.495. The Kier molecular flexibility index (Phi) is 5.07. The molecule has 0 aliphatic rings. The Morgan fingerprint density at radius 1 is 1.13 bits per heavy atom. The van der Waals surface area contributed by atoms with Gasteiger partial charge in [-0.1, -0.05) is 11.3 Å². The van der Waals surface area contributed by atoms with Crippen molar-refractivity contribution in [1.82, 2.24) is 4.98 Å². The van der Waals surface area contributed by atoms with Crippen LogP contribution in [0.2, 0.25) is 0 Å². The first kappa shape index (κ1) is 16.6. The fourth-order valence-electron chi connectivity index (χ4n) is 1.78. The van der Waals surface area contributed by atoms with E-state index in [-0.39, 0.29) is 5.78 Å². The molecule has 2 N–H and O–H groups in total. The molecule has 1 heterocycles. The molecule has 1 aromatic heterocycles. The number of hydrogen-bond donors (Lipinski definition) is 2. The van der Waals surface area contributed by atoms with Crippen molar-refractivity contribution in [1.29, 1.82) is 0 Å². The molecule has 2 aromatic rings. The molecular formula is C15H15N3O4S. The largest absolute Gasteiger partial charge is 0.465 e. The fraction of sp³-hybridized carbons (Fsp3) is 0.200. The van der Waals surface area contributed by atoms with Gasteiger partial charge in [0.1, 0.15) is 4.88 Å². The first-order valence-corrected chi connectivity index (χ1v) is 7.47. The van der Waals surface area contributed by atoms with E-state index >= 15 is 0 Å². The van der Waals surface area contributed by atoms with Gasteiger partial charge in [0, 0.05) is 11.3 Å². The second kappa shape index (κ2) is 7.01. The Labute approximate surface area is 136 Å². The maximum absolute atomic E-state index is 11.9.